The summed E-state index contributed by atoms with van der Waals surface area (Å²) in [6, 6.07) is -7.84. The second-order valence-corrected chi connectivity index (χ2v) is 16.3. The molecule has 1 aromatic rings. The Balaban J connectivity index is 2.26. The van der Waals surface area contributed by atoms with E-state index in [-0.39, 0.29) is 31.6 Å². The molecule has 67 heavy (non-hydrogen) atoms. The Kier molecular flexibility index (Phi) is 22.0. The summed E-state index contributed by atoms with van der Waals surface area (Å²) in [4.78, 5) is 141. The number of carboxylic acids is 4. The van der Waals surface area contributed by atoms with Gasteiger partial charge in [0.25, 0.3) is 0 Å². The number of nitrogens with one attached hydrogen (secondary N) is 6. The topological polar surface area (TPSA) is 431 Å². The number of carbonyl (C=O) groups is 11. The zero-order valence-corrected chi connectivity index (χ0v) is 37.2. The number of amides is 7. The molecule has 0 unspecified atom stereocenters. The SMILES string of the molecule is CC(C)[C@H](NC(=O)[C@@H]1CCCN1C(=O)[C@@H](N)CCC(=O)O)C(=O)N[C@@H](CCC(=O)O)C(=O)N[C@H](C(=O)N[C@H](C(=O)N[C@@H](CC(=O)O)C(=O)N[C@@H](Cc1ccc(O)cc1)C(=O)O)[C@@H](C)O)[C@@H](C)O. The summed E-state index contributed by atoms with van der Waals surface area (Å²) in [5.41, 5.74) is 6.24. The Morgan fingerprint density at radius 2 is 1.10 bits per heavy atom. The molecule has 26 nitrogen and oxygen atoms in total. The van der Waals surface area contributed by atoms with Crippen molar-refractivity contribution < 1.29 is 88.5 Å². The lowest BCUT2D eigenvalue weighted by atomic mass is 10.0. The van der Waals surface area contributed by atoms with Crippen molar-refractivity contribution in [3.8, 4) is 5.75 Å². The van der Waals surface area contributed by atoms with E-state index in [1.54, 1.807) is 0 Å². The summed E-state index contributed by atoms with van der Waals surface area (Å²) in [5, 5.41) is 81.4. The van der Waals surface area contributed by atoms with E-state index in [1.165, 1.54) is 43.0 Å². The van der Waals surface area contributed by atoms with E-state index in [4.69, 9.17) is 10.8 Å². The van der Waals surface area contributed by atoms with Gasteiger partial charge in [-0.2, -0.15) is 0 Å². The Bertz CT molecular complexity index is 1980. The van der Waals surface area contributed by atoms with Crippen LogP contribution in [0.25, 0.3) is 0 Å². The van der Waals surface area contributed by atoms with Crippen molar-refractivity contribution in [1.82, 2.24) is 36.8 Å². The minimum Gasteiger partial charge on any atom is -0.508 e. The predicted octanol–water partition coefficient (Wildman–Crippen LogP) is -4.13. The molecule has 1 heterocycles. The molecule has 0 bridgehead atoms. The molecule has 10 atom stereocenters. The van der Waals surface area contributed by atoms with Crippen LogP contribution in [0, 0.1) is 5.92 Å². The minimum absolute atomic E-state index is 0.121. The zero-order valence-electron chi connectivity index (χ0n) is 37.2. The molecule has 1 saturated heterocycles. The van der Waals surface area contributed by atoms with Crippen molar-refractivity contribution in [1.29, 1.82) is 0 Å². The first-order chi connectivity index (χ1) is 31.2. The fourth-order valence-electron chi connectivity index (χ4n) is 6.79. The first-order valence-corrected chi connectivity index (χ1v) is 21.1. The molecule has 0 spiro atoms. The van der Waals surface area contributed by atoms with Gasteiger partial charge in [-0.1, -0.05) is 26.0 Å². The molecule has 7 amide bonds. The molecule has 1 fully saturated rings. The molecule has 0 aromatic heterocycles. The molecule has 1 aliphatic heterocycles. The third-order valence-corrected chi connectivity index (χ3v) is 10.5. The number of aliphatic hydroxyl groups excluding tert-OH is 2. The molecule has 0 radical (unpaired) electrons. The molecule has 26 heteroatoms. The highest BCUT2D eigenvalue weighted by molar-refractivity contribution is 5.98. The average molecular weight is 953 g/mol. The van der Waals surface area contributed by atoms with Gasteiger partial charge in [0.05, 0.1) is 24.7 Å². The molecule has 0 saturated carbocycles. The number of rotatable bonds is 27. The average Bonchev–Trinajstić information content (AvgIpc) is 3.73. The number of phenols is 1. The number of nitrogens with two attached hydrogens (primary N) is 1. The maximum atomic E-state index is 13.7. The maximum Gasteiger partial charge on any atom is 0.326 e. The Morgan fingerprint density at radius 3 is 1.61 bits per heavy atom. The number of carbonyl (C=O) groups excluding carboxylic acids is 7. The van der Waals surface area contributed by atoms with Crippen molar-refractivity contribution >= 4 is 65.2 Å². The van der Waals surface area contributed by atoms with E-state index >= 15 is 0 Å². The van der Waals surface area contributed by atoms with Crippen LogP contribution in [0.1, 0.15) is 78.2 Å². The first-order valence-electron chi connectivity index (χ1n) is 21.1. The lowest BCUT2D eigenvalue weighted by molar-refractivity contribution is -0.144. The highest BCUT2D eigenvalue weighted by Crippen LogP contribution is 2.20. The number of hydrogen-bond acceptors (Lipinski definition) is 15. The zero-order chi connectivity index (χ0) is 50.9. The first kappa shape index (κ1) is 56.2. The Labute approximate surface area is 383 Å². The van der Waals surface area contributed by atoms with Crippen molar-refractivity contribution in [2.24, 2.45) is 11.7 Å². The lowest BCUT2D eigenvalue weighted by Crippen LogP contribution is -2.63. The predicted molar refractivity (Wildman–Crippen MR) is 228 cm³/mol. The molecule has 1 aromatic carbocycles. The van der Waals surface area contributed by atoms with Gasteiger partial charge >= 0.3 is 23.9 Å². The van der Waals surface area contributed by atoms with Crippen LogP contribution in [-0.4, -0.2) is 173 Å². The van der Waals surface area contributed by atoms with Crippen LogP contribution in [0.15, 0.2) is 24.3 Å². The van der Waals surface area contributed by atoms with Crippen LogP contribution in [0.3, 0.4) is 0 Å². The summed E-state index contributed by atoms with van der Waals surface area (Å²) in [7, 11) is 0. The van der Waals surface area contributed by atoms with Crippen molar-refractivity contribution in [2.45, 2.75) is 140 Å². The third kappa shape index (κ3) is 18.1. The van der Waals surface area contributed by atoms with Gasteiger partial charge < -0.3 is 78.3 Å². The fourth-order valence-corrected chi connectivity index (χ4v) is 6.79. The van der Waals surface area contributed by atoms with Gasteiger partial charge in [0.15, 0.2) is 0 Å². The smallest absolute Gasteiger partial charge is 0.326 e. The van der Waals surface area contributed by atoms with E-state index in [2.05, 4.69) is 26.6 Å². The Hall–Kier alpha value is -6.93. The molecule has 1 aliphatic rings. The summed E-state index contributed by atoms with van der Waals surface area (Å²) < 4.78 is 0. The van der Waals surface area contributed by atoms with Crippen molar-refractivity contribution in [2.75, 3.05) is 6.54 Å². The Morgan fingerprint density at radius 1 is 0.627 bits per heavy atom. The van der Waals surface area contributed by atoms with Crippen molar-refractivity contribution in [3.05, 3.63) is 29.8 Å². The van der Waals surface area contributed by atoms with Crippen LogP contribution in [0.2, 0.25) is 0 Å². The van der Waals surface area contributed by atoms with Crippen LogP contribution < -0.4 is 37.6 Å². The monoisotopic (exact) mass is 952 g/mol. The van der Waals surface area contributed by atoms with Crippen molar-refractivity contribution in [3.63, 3.8) is 0 Å². The van der Waals surface area contributed by atoms with Gasteiger partial charge in [0, 0.05) is 25.8 Å². The largest absolute Gasteiger partial charge is 0.508 e. The lowest BCUT2D eigenvalue weighted by Gasteiger charge is -2.30. The second kappa shape index (κ2) is 26.3. The highest BCUT2D eigenvalue weighted by Gasteiger charge is 2.40. The van der Waals surface area contributed by atoms with Crippen LogP contribution >= 0.6 is 0 Å². The van der Waals surface area contributed by atoms with E-state index in [0.29, 0.717) is 12.0 Å². The number of nitrogens with zero attached hydrogens (tertiary/aromatic N) is 1. The van der Waals surface area contributed by atoms with E-state index in [0.717, 1.165) is 13.8 Å². The number of aromatic hydroxyl groups is 1. The third-order valence-electron chi connectivity index (χ3n) is 10.5. The van der Waals surface area contributed by atoms with Crippen LogP contribution in [0.4, 0.5) is 0 Å². The van der Waals surface area contributed by atoms with Gasteiger partial charge in [-0.3, -0.25) is 47.9 Å². The number of phenolic OH excluding ortho intramolecular Hbond substituents is 1. The second-order valence-electron chi connectivity index (χ2n) is 16.3. The quantitative estimate of drug-likeness (QED) is 0.0398. The molecular formula is C41H60N8O18. The summed E-state index contributed by atoms with van der Waals surface area (Å²) >= 11 is 0. The standard InChI is InChI=1S/C41H60N8O18/c1-18(2)31(46-36(61)27-6-5-15-49(27)40(65)23(42)11-13-28(53)54)37(62)43-24(12-14-29(55)56)34(59)47-33(20(4)51)39(64)48-32(19(3)50)38(63)44-25(17-30(57)58)35(60)45-26(41(66)67)16-21-7-9-22(52)10-8-21/h7-10,18-20,23-27,31-33,50-52H,5-6,11-17,42H2,1-4H3,(H,43,62)(H,44,63)(H,45,60)(H,46,61)(H,47,59)(H,48,64)(H,53,54)(H,55,56)(H,57,58)(H,66,67)/t19-,20-,23+,24+,25+,26+,27+,31+,32+,33+/m1/s1. The van der Waals surface area contributed by atoms with Gasteiger partial charge in [0.2, 0.25) is 41.4 Å². The summed E-state index contributed by atoms with van der Waals surface area (Å²) in [6.07, 6.45) is -6.38. The van der Waals surface area contributed by atoms with Crippen LogP contribution in [-0.2, 0) is 59.2 Å². The number of aliphatic carboxylic acids is 4. The highest BCUT2D eigenvalue weighted by atomic mass is 16.4. The fraction of sp³-hybridized carbons (Fsp3) is 0.585. The van der Waals surface area contributed by atoms with E-state index < -0.39 is 157 Å². The molecular weight excluding hydrogens is 892 g/mol. The van der Waals surface area contributed by atoms with E-state index in [1.807, 2.05) is 5.32 Å². The van der Waals surface area contributed by atoms with Gasteiger partial charge in [-0.25, -0.2) is 4.79 Å². The number of aliphatic hydroxyl groups is 2. The number of carboxylic acid groups (broad SMARTS) is 4. The molecule has 15 N–H and O–H groups in total. The summed E-state index contributed by atoms with van der Waals surface area (Å²) in [5.74, 6) is -14.2. The minimum atomic E-state index is -2.02. The normalized spacial score (nSPS) is 17.4. The van der Waals surface area contributed by atoms with Gasteiger partial charge in [-0.05, 0) is 63.1 Å². The number of likely N-dealkylation sites (tertiary alicyclic amines) is 1. The van der Waals surface area contributed by atoms with Crippen LogP contribution in [0.5, 0.6) is 5.75 Å². The molecule has 372 valence electrons. The number of hydrogen-bond donors (Lipinski definition) is 14. The molecule has 2 rings (SSSR count). The van der Waals surface area contributed by atoms with Gasteiger partial charge in [-0.15, -0.1) is 0 Å². The van der Waals surface area contributed by atoms with E-state index in [9.17, 15) is 83.4 Å². The number of benzene rings is 1. The molecule has 0 aliphatic carbocycles. The maximum absolute atomic E-state index is 13.7. The van der Waals surface area contributed by atoms with Gasteiger partial charge in [0.1, 0.15) is 48.0 Å². The summed E-state index contributed by atoms with van der Waals surface area (Å²) in [6.45, 7) is 5.21.